The summed E-state index contributed by atoms with van der Waals surface area (Å²) in [5.41, 5.74) is 1.29. The zero-order chi connectivity index (χ0) is 11.1. The van der Waals surface area contributed by atoms with E-state index in [4.69, 9.17) is 0 Å². The fraction of sp³-hybridized carbons (Fsp3) is 0.455. The predicted octanol–water partition coefficient (Wildman–Crippen LogP) is 2.91. The third-order valence-electron chi connectivity index (χ3n) is 2.10. The Morgan fingerprint density at radius 2 is 2.00 bits per heavy atom. The van der Waals surface area contributed by atoms with E-state index < -0.39 is 0 Å². The van der Waals surface area contributed by atoms with Gasteiger partial charge in [0, 0.05) is 15.5 Å². The van der Waals surface area contributed by atoms with E-state index in [9.17, 15) is 0 Å². The molecule has 0 heterocycles. The van der Waals surface area contributed by atoms with Gasteiger partial charge in [-0.15, -0.1) is 0 Å². The number of benzene rings is 1. The van der Waals surface area contributed by atoms with Crippen LogP contribution in [-0.4, -0.2) is 20.1 Å². The second-order valence-corrected chi connectivity index (χ2v) is 5.14. The Kier molecular flexibility index (Phi) is 6.48. The van der Waals surface area contributed by atoms with Crippen LogP contribution in [-0.2, 0) is 6.54 Å². The van der Waals surface area contributed by atoms with Crippen LogP contribution in [0.2, 0.25) is 0 Å². The lowest BCUT2D eigenvalue weighted by Crippen LogP contribution is -2.19. The van der Waals surface area contributed by atoms with Crippen LogP contribution in [0, 0.1) is 0 Å². The Labute approximate surface area is 108 Å². The molecule has 0 aliphatic rings. The summed E-state index contributed by atoms with van der Waals surface area (Å²) in [7, 11) is 1.98. The zero-order valence-electron chi connectivity index (χ0n) is 8.82. The van der Waals surface area contributed by atoms with Crippen molar-refractivity contribution in [2.45, 2.75) is 13.0 Å². The fourth-order valence-corrected chi connectivity index (χ4v) is 2.09. The van der Waals surface area contributed by atoms with Crippen molar-refractivity contribution in [2.75, 3.05) is 20.1 Å². The molecular weight excluding hydrogens is 320 g/mol. The highest BCUT2D eigenvalue weighted by Gasteiger charge is 1.99. The van der Waals surface area contributed by atoms with Crippen LogP contribution in [0.25, 0.3) is 0 Å². The highest BCUT2D eigenvalue weighted by atomic mass is 79.9. The maximum absolute atomic E-state index is 3.54. The second kappa shape index (κ2) is 7.39. The van der Waals surface area contributed by atoms with Gasteiger partial charge in [0.25, 0.3) is 0 Å². The molecule has 0 spiro atoms. The topological polar surface area (TPSA) is 24.1 Å². The molecule has 0 aliphatic carbocycles. The first-order valence-electron chi connectivity index (χ1n) is 5.03. The molecule has 0 bridgehead atoms. The van der Waals surface area contributed by atoms with Gasteiger partial charge in [0.1, 0.15) is 0 Å². The molecule has 0 saturated heterocycles. The summed E-state index contributed by atoms with van der Waals surface area (Å²) >= 11 is 7.01. The first-order chi connectivity index (χ1) is 7.24. The molecule has 0 aliphatic heterocycles. The average molecular weight is 336 g/mol. The SMILES string of the molecule is CNCCCNCc1cc(Br)ccc1Br. The first kappa shape index (κ1) is 13.2. The molecule has 15 heavy (non-hydrogen) atoms. The van der Waals surface area contributed by atoms with E-state index in [1.165, 1.54) is 5.56 Å². The molecule has 84 valence electrons. The molecule has 0 fully saturated rings. The Morgan fingerprint density at radius 3 is 2.73 bits per heavy atom. The number of hydrogen-bond donors (Lipinski definition) is 2. The lowest BCUT2D eigenvalue weighted by molar-refractivity contribution is 0.624. The van der Waals surface area contributed by atoms with Gasteiger partial charge in [-0.2, -0.15) is 0 Å². The van der Waals surface area contributed by atoms with Crippen LogP contribution in [0.15, 0.2) is 27.1 Å². The highest BCUT2D eigenvalue weighted by Crippen LogP contribution is 2.21. The van der Waals surface area contributed by atoms with Gasteiger partial charge in [-0.05, 0) is 50.3 Å². The zero-order valence-corrected chi connectivity index (χ0v) is 12.0. The van der Waals surface area contributed by atoms with Crippen LogP contribution >= 0.6 is 31.9 Å². The molecule has 0 radical (unpaired) electrons. The summed E-state index contributed by atoms with van der Waals surface area (Å²) in [4.78, 5) is 0. The van der Waals surface area contributed by atoms with Crippen molar-refractivity contribution in [2.24, 2.45) is 0 Å². The van der Waals surface area contributed by atoms with Crippen LogP contribution in [0.1, 0.15) is 12.0 Å². The average Bonchev–Trinajstić information content (AvgIpc) is 2.23. The minimum atomic E-state index is 0.906. The van der Waals surface area contributed by atoms with E-state index >= 15 is 0 Å². The van der Waals surface area contributed by atoms with Gasteiger partial charge in [0.2, 0.25) is 0 Å². The maximum atomic E-state index is 3.54. The Morgan fingerprint density at radius 1 is 1.20 bits per heavy atom. The lowest BCUT2D eigenvalue weighted by atomic mass is 10.2. The molecule has 2 N–H and O–H groups in total. The lowest BCUT2D eigenvalue weighted by Gasteiger charge is -2.07. The van der Waals surface area contributed by atoms with Crippen molar-refractivity contribution in [1.82, 2.24) is 10.6 Å². The van der Waals surface area contributed by atoms with E-state index in [0.29, 0.717) is 0 Å². The molecular formula is C11H16Br2N2. The van der Waals surface area contributed by atoms with Gasteiger partial charge < -0.3 is 10.6 Å². The Hall–Kier alpha value is 0.1000. The van der Waals surface area contributed by atoms with Crippen molar-refractivity contribution in [1.29, 1.82) is 0 Å². The quantitative estimate of drug-likeness (QED) is 0.781. The summed E-state index contributed by atoms with van der Waals surface area (Å²) in [6.45, 7) is 3.01. The number of halogens is 2. The molecule has 0 unspecified atom stereocenters. The summed E-state index contributed by atoms with van der Waals surface area (Å²) in [6, 6.07) is 6.23. The van der Waals surface area contributed by atoms with E-state index in [1.807, 2.05) is 13.1 Å². The van der Waals surface area contributed by atoms with Crippen molar-refractivity contribution in [3.05, 3.63) is 32.7 Å². The first-order valence-corrected chi connectivity index (χ1v) is 6.62. The van der Waals surface area contributed by atoms with Gasteiger partial charge in [0.15, 0.2) is 0 Å². The molecule has 0 amide bonds. The standard InChI is InChI=1S/C11H16Br2N2/c1-14-5-2-6-15-8-9-7-10(12)3-4-11(9)13/h3-4,7,14-15H,2,5-6,8H2,1H3. The van der Waals surface area contributed by atoms with Crippen LogP contribution < -0.4 is 10.6 Å². The molecule has 1 aromatic carbocycles. The summed E-state index contributed by atoms with van der Waals surface area (Å²) in [6.07, 6.45) is 1.15. The molecule has 0 atom stereocenters. The molecule has 0 saturated carbocycles. The third-order valence-corrected chi connectivity index (χ3v) is 3.37. The molecule has 4 heteroatoms. The van der Waals surface area contributed by atoms with Gasteiger partial charge in [-0.25, -0.2) is 0 Å². The summed E-state index contributed by atoms with van der Waals surface area (Å²) < 4.78 is 2.28. The number of nitrogens with one attached hydrogen (secondary N) is 2. The molecule has 1 rings (SSSR count). The van der Waals surface area contributed by atoms with Crippen molar-refractivity contribution >= 4 is 31.9 Å². The van der Waals surface area contributed by atoms with E-state index in [1.54, 1.807) is 0 Å². The van der Waals surface area contributed by atoms with Gasteiger partial charge in [-0.1, -0.05) is 31.9 Å². The Balaban J connectivity index is 2.33. The van der Waals surface area contributed by atoms with Crippen LogP contribution in [0.4, 0.5) is 0 Å². The monoisotopic (exact) mass is 334 g/mol. The third kappa shape index (κ3) is 5.11. The van der Waals surface area contributed by atoms with Crippen LogP contribution in [0.5, 0.6) is 0 Å². The van der Waals surface area contributed by atoms with Crippen molar-refractivity contribution < 1.29 is 0 Å². The van der Waals surface area contributed by atoms with Gasteiger partial charge in [0.05, 0.1) is 0 Å². The van der Waals surface area contributed by atoms with Gasteiger partial charge >= 0.3 is 0 Å². The normalized spacial score (nSPS) is 10.6. The highest BCUT2D eigenvalue weighted by molar-refractivity contribution is 9.11. The Bertz CT molecular complexity index is 303. The minimum Gasteiger partial charge on any atom is -0.320 e. The summed E-state index contributed by atoms with van der Waals surface area (Å²) in [5.74, 6) is 0. The van der Waals surface area contributed by atoms with E-state index in [-0.39, 0.29) is 0 Å². The smallest absolute Gasteiger partial charge is 0.0221 e. The van der Waals surface area contributed by atoms with Crippen molar-refractivity contribution in [3.8, 4) is 0 Å². The van der Waals surface area contributed by atoms with Crippen LogP contribution in [0.3, 0.4) is 0 Å². The minimum absolute atomic E-state index is 0.906. The van der Waals surface area contributed by atoms with E-state index in [2.05, 4.69) is 54.6 Å². The van der Waals surface area contributed by atoms with Crippen molar-refractivity contribution in [3.63, 3.8) is 0 Å². The van der Waals surface area contributed by atoms with Gasteiger partial charge in [-0.3, -0.25) is 0 Å². The summed E-state index contributed by atoms with van der Waals surface area (Å²) in [5, 5.41) is 6.54. The molecule has 2 nitrogen and oxygen atoms in total. The largest absolute Gasteiger partial charge is 0.320 e. The fourth-order valence-electron chi connectivity index (χ4n) is 1.29. The number of hydrogen-bond acceptors (Lipinski definition) is 2. The predicted molar refractivity (Wildman–Crippen MR) is 72.1 cm³/mol. The molecule has 0 aromatic heterocycles. The number of rotatable bonds is 6. The maximum Gasteiger partial charge on any atom is 0.0221 e. The molecule has 1 aromatic rings. The second-order valence-electron chi connectivity index (χ2n) is 3.37. The van der Waals surface area contributed by atoms with E-state index in [0.717, 1.165) is 35.0 Å².